The van der Waals surface area contributed by atoms with Crippen molar-refractivity contribution < 1.29 is 9.59 Å². The highest BCUT2D eigenvalue weighted by Gasteiger charge is 2.24. The van der Waals surface area contributed by atoms with Gasteiger partial charge in [0.25, 0.3) is 5.91 Å². The molecule has 0 radical (unpaired) electrons. The summed E-state index contributed by atoms with van der Waals surface area (Å²) in [5.41, 5.74) is 0.641. The second kappa shape index (κ2) is 19.2. The van der Waals surface area contributed by atoms with E-state index >= 15 is 0 Å². The van der Waals surface area contributed by atoms with Crippen molar-refractivity contribution in [1.82, 2.24) is 9.88 Å². The first-order chi connectivity index (χ1) is 17.7. The highest BCUT2D eigenvalue weighted by atomic mass is 16.2. The number of hydrogen-bond donors (Lipinski definition) is 0. The predicted molar refractivity (Wildman–Crippen MR) is 151 cm³/mol. The van der Waals surface area contributed by atoms with Crippen molar-refractivity contribution in [3.8, 4) is 0 Å². The minimum Gasteiger partial charge on any atom is -0.339 e. The maximum absolute atomic E-state index is 12.5. The lowest BCUT2D eigenvalue weighted by Gasteiger charge is -2.31. The quantitative estimate of drug-likeness (QED) is 0.176. The van der Waals surface area contributed by atoms with Gasteiger partial charge in [0, 0.05) is 38.3 Å². The number of likely N-dealkylation sites (tertiary alicyclic amines) is 1. The molecule has 1 aromatic heterocycles. The van der Waals surface area contributed by atoms with Crippen LogP contribution in [0.5, 0.6) is 0 Å². The Balaban J connectivity index is 1.46. The van der Waals surface area contributed by atoms with Gasteiger partial charge in [-0.2, -0.15) is 0 Å². The van der Waals surface area contributed by atoms with E-state index < -0.39 is 0 Å². The highest BCUT2D eigenvalue weighted by Crippen LogP contribution is 2.23. The van der Waals surface area contributed by atoms with Gasteiger partial charge in [-0.1, -0.05) is 67.7 Å². The van der Waals surface area contributed by atoms with Crippen molar-refractivity contribution in [2.24, 2.45) is 5.92 Å². The smallest absolute Gasteiger partial charge is 0.255 e. The number of ketones is 1. The number of pyridine rings is 1. The van der Waals surface area contributed by atoms with Crippen molar-refractivity contribution in [2.45, 2.75) is 77.6 Å². The zero-order valence-corrected chi connectivity index (χ0v) is 22.1. The molecule has 0 atom stereocenters. The topological polar surface area (TPSA) is 50.3 Å². The average molecular weight is 489 g/mol. The van der Waals surface area contributed by atoms with Crippen LogP contribution in [0.2, 0.25) is 0 Å². The molecule has 1 aliphatic heterocycles. The summed E-state index contributed by atoms with van der Waals surface area (Å²) in [6, 6.07) is 3.60. The molecule has 4 nitrogen and oxygen atoms in total. The molecule has 1 fully saturated rings. The molecule has 4 heteroatoms. The van der Waals surface area contributed by atoms with E-state index in [0.717, 1.165) is 70.9 Å². The van der Waals surface area contributed by atoms with Crippen molar-refractivity contribution in [3.05, 3.63) is 90.9 Å². The van der Waals surface area contributed by atoms with Gasteiger partial charge in [-0.25, -0.2) is 0 Å². The lowest BCUT2D eigenvalue weighted by Crippen LogP contribution is -2.38. The van der Waals surface area contributed by atoms with Crippen LogP contribution in [-0.4, -0.2) is 34.7 Å². The Morgan fingerprint density at radius 1 is 0.889 bits per heavy atom. The van der Waals surface area contributed by atoms with Crippen molar-refractivity contribution in [1.29, 1.82) is 0 Å². The van der Waals surface area contributed by atoms with Crippen LogP contribution in [0.4, 0.5) is 0 Å². The molecule has 0 saturated carbocycles. The van der Waals surface area contributed by atoms with Crippen molar-refractivity contribution in [2.75, 3.05) is 13.1 Å². The molecule has 0 spiro atoms. The second-order valence-corrected chi connectivity index (χ2v) is 9.32. The molecule has 0 unspecified atom stereocenters. The summed E-state index contributed by atoms with van der Waals surface area (Å²) in [5, 5.41) is 0. The lowest BCUT2D eigenvalue weighted by atomic mass is 9.90. The second-order valence-electron chi connectivity index (χ2n) is 9.32. The van der Waals surface area contributed by atoms with Gasteiger partial charge in [-0.05, 0) is 75.8 Å². The van der Waals surface area contributed by atoms with Crippen LogP contribution in [0.3, 0.4) is 0 Å². The first-order valence-corrected chi connectivity index (χ1v) is 13.7. The Bertz CT molecular complexity index is 888. The molecule has 0 aromatic carbocycles. The third-order valence-electron chi connectivity index (χ3n) is 6.31. The summed E-state index contributed by atoms with van der Waals surface area (Å²) in [7, 11) is 0. The summed E-state index contributed by atoms with van der Waals surface area (Å²) in [6.07, 6.45) is 35.4. The molecule has 36 heavy (non-hydrogen) atoms. The summed E-state index contributed by atoms with van der Waals surface area (Å²) >= 11 is 0. The highest BCUT2D eigenvalue weighted by molar-refractivity contribution is 5.93. The SMILES string of the molecule is CC/C=C\C/C=C\C/C=C\C/C=C\C/C=C\CCCC(=O)CC1CCN(C(=O)c2cccnc2)CC1. The number of unbranched alkanes of at least 4 members (excludes halogenated alkanes) is 1. The van der Waals surface area contributed by atoms with Crippen molar-refractivity contribution in [3.63, 3.8) is 0 Å². The average Bonchev–Trinajstić information content (AvgIpc) is 2.91. The number of allylic oxidation sites excluding steroid dienone is 10. The van der Waals surface area contributed by atoms with E-state index in [9.17, 15) is 9.59 Å². The third-order valence-corrected chi connectivity index (χ3v) is 6.31. The van der Waals surface area contributed by atoms with Gasteiger partial charge < -0.3 is 4.90 Å². The van der Waals surface area contributed by atoms with Gasteiger partial charge >= 0.3 is 0 Å². The molecule has 1 aliphatic rings. The molecular formula is C32H44N2O2. The number of piperidine rings is 1. The third kappa shape index (κ3) is 13.2. The minimum atomic E-state index is 0.0462. The minimum absolute atomic E-state index is 0.0462. The van der Waals surface area contributed by atoms with Gasteiger partial charge in [0.1, 0.15) is 5.78 Å². The molecule has 1 saturated heterocycles. The fourth-order valence-electron chi connectivity index (χ4n) is 4.22. The molecule has 2 heterocycles. The summed E-state index contributed by atoms with van der Waals surface area (Å²) < 4.78 is 0. The van der Waals surface area contributed by atoms with Gasteiger partial charge in [0.05, 0.1) is 5.56 Å². The van der Waals surface area contributed by atoms with E-state index in [1.807, 2.05) is 11.0 Å². The fraction of sp³-hybridized carbons (Fsp3) is 0.469. The van der Waals surface area contributed by atoms with Gasteiger partial charge in [0.15, 0.2) is 0 Å². The van der Waals surface area contributed by atoms with E-state index in [2.05, 4.69) is 72.7 Å². The van der Waals surface area contributed by atoms with Gasteiger partial charge in [0.2, 0.25) is 0 Å². The molecular weight excluding hydrogens is 444 g/mol. The van der Waals surface area contributed by atoms with Crippen LogP contribution < -0.4 is 0 Å². The number of carbonyl (C=O) groups excluding carboxylic acids is 2. The predicted octanol–water partition coefficient (Wildman–Crippen LogP) is 7.81. The Morgan fingerprint density at radius 2 is 1.47 bits per heavy atom. The number of hydrogen-bond acceptors (Lipinski definition) is 3. The van der Waals surface area contributed by atoms with E-state index in [4.69, 9.17) is 0 Å². The van der Waals surface area contributed by atoms with Crippen LogP contribution in [-0.2, 0) is 4.79 Å². The zero-order valence-electron chi connectivity index (χ0n) is 22.1. The van der Waals surface area contributed by atoms with Gasteiger partial charge in [-0.3, -0.25) is 14.6 Å². The lowest BCUT2D eigenvalue weighted by molar-refractivity contribution is -0.120. The molecule has 194 valence electrons. The Labute approximate surface area is 218 Å². The Kier molecular flexibility index (Phi) is 15.6. The van der Waals surface area contributed by atoms with E-state index in [0.29, 0.717) is 30.1 Å². The zero-order chi connectivity index (χ0) is 25.7. The monoisotopic (exact) mass is 488 g/mol. The largest absolute Gasteiger partial charge is 0.339 e. The summed E-state index contributed by atoms with van der Waals surface area (Å²) in [5.74, 6) is 0.813. The number of rotatable bonds is 16. The Hall–Kier alpha value is -3.01. The summed E-state index contributed by atoms with van der Waals surface area (Å²) in [4.78, 5) is 30.8. The Morgan fingerprint density at radius 3 is 2.03 bits per heavy atom. The van der Waals surface area contributed by atoms with E-state index in [1.165, 1.54) is 0 Å². The number of nitrogens with zero attached hydrogens (tertiary/aromatic N) is 2. The van der Waals surface area contributed by atoms with Crippen LogP contribution in [0.25, 0.3) is 0 Å². The van der Waals surface area contributed by atoms with Crippen molar-refractivity contribution >= 4 is 11.7 Å². The number of aromatic nitrogens is 1. The number of amides is 1. The van der Waals surface area contributed by atoms with Crippen LogP contribution >= 0.6 is 0 Å². The molecule has 0 bridgehead atoms. The number of carbonyl (C=O) groups is 2. The molecule has 0 N–H and O–H groups in total. The van der Waals surface area contributed by atoms with Gasteiger partial charge in [-0.15, -0.1) is 0 Å². The molecule has 2 rings (SSSR count). The molecule has 1 amide bonds. The first kappa shape index (κ1) is 29.2. The first-order valence-electron chi connectivity index (χ1n) is 13.7. The van der Waals surface area contributed by atoms with E-state index in [-0.39, 0.29) is 5.91 Å². The maximum Gasteiger partial charge on any atom is 0.255 e. The fourth-order valence-corrected chi connectivity index (χ4v) is 4.22. The molecule has 1 aromatic rings. The molecule has 0 aliphatic carbocycles. The van der Waals surface area contributed by atoms with E-state index in [1.54, 1.807) is 18.5 Å². The standard InChI is InChI=1S/C32H44N2O2/c1-2-3-4-5-6-7-8-9-10-11-12-13-14-15-16-17-18-21-31(35)27-29-22-25-34(26-23-29)32(36)30-20-19-24-33-28-30/h3-4,6-7,9-10,12-13,15-16,19-20,24,28-29H,2,5,8,11,14,17-18,21-23,25-27H2,1H3/b4-3-,7-6-,10-9-,13-12-,16-15-. The van der Waals surface area contributed by atoms with Crippen LogP contribution in [0, 0.1) is 5.92 Å². The normalized spacial score (nSPS) is 15.4. The van der Waals surface area contributed by atoms with Crippen LogP contribution in [0.15, 0.2) is 85.3 Å². The number of Topliss-reactive ketones (excluding diaryl/α,β-unsaturated/α-hetero) is 1. The maximum atomic E-state index is 12.5. The summed E-state index contributed by atoms with van der Waals surface area (Å²) in [6.45, 7) is 3.61. The van der Waals surface area contributed by atoms with Crippen LogP contribution in [0.1, 0.15) is 87.9 Å².